The van der Waals surface area contributed by atoms with Gasteiger partial charge in [-0.2, -0.15) is 4.31 Å². The van der Waals surface area contributed by atoms with Crippen molar-refractivity contribution < 1.29 is 13.2 Å². The van der Waals surface area contributed by atoms with E-state index >= 15 is 0 Å². The predicted molar refractivity (Wildman–Crippen MR) is 119 cm³/mol. The van der Waals surface area contributed by atoms with Gasteiger partial charge in [0.05, 0.1) is 4.90 Å². The van der Waals surface area contributed by atoms with Crippen molar-refractivity contribution in [3.05, 3.63) is 58.1 Å². The van der Waals surface area contributed by atoms with Crippen molar-refractivity contribution in [2.75, 3.05) is 25.0 Å². The molecule has 1 heterocycles. The second kappa shape index (κ2) is 9.28. The topological polar surface area (TPSA) is 78.5 Å². The van der Waals surface area contributed by atoms with Gasteiger partial charge in [0, 0.05) is 29.8 Å². The van der Waals surface area contributed by atoms with Gasteiger partial charge < -0.3 is 10.6 Å². The lowest BCUT2D eigenvalue weighted by Crippen LogP contribution is -2.44. The summed E-state index contributed by atoms with van der Waals surface area (Å²) in [5, 5.41) is 5.67. The molecule has 1 atom stereocenters. The molecule has 1 fully saturated rings. The van der Waals surface area contributed by atoms with Gasteiger partial charge in [0.15, 0.2) is 0 Å². The summed E-state index contributed by atoms with van der Waals surface area (Å²) in [7, 11) is -3.54. The highest BCUT2D eigenvalue weighted by Gasteiger charge is 2.30. The van der Waals surface area contributed by atoms with Crippen LogP contribution in [0.5, 0.6) is 0 Å². The van der Waals surface area contributed by atoms with Crippen molar-refractivity contribution in [1.29, 1.82) is 0 Å². The van der Waals surface area contributed by atoms with Crippen LogP contribution in [0.2, 0.25) is 0 Å². The fraction of sp³-hybridized carbons (Fsp3) is 0.381. The van der Waals surface area contributed by atoms with Crippen LogP contribution in [0.1, 0.15) is 24.0 Å². The number of carbonyl (C=O) groups excluding carboxylic acids is 1. The Labute approximate surface area is 180 Å². The molecule has 1 aliphatic rings. The van der Waals surface area contributed by atoms with Gasteiger partial charge in [0.1, 0.15) is 0 Å². The van der Waals surface area contributed by atoms with Gasteiger partial charge in [-0.1, -0.05) is 33.6 Å². The molecule has 3 rings (SSSR count). The minimum Gasteiger partial charge on any atom is -0.338 e. The van der Waals surface area contributed by atoms with Gasteiger partial charge in [-0.3, -0.25) is 0 Å². The van der Waals surface area contributed by atoms with E-state index in [1.807, 2.05) is 38.1 Å². The van der Waals surface area contributed by atoms with Crippen LogP contribution in [0.15, 0.2) is 51.8 Å². The van der Waals surface area contributed by atoms with Crippen LogP contribution in [0.25, 0.3) is 0 Å². The normalized spacial score (nSPS) is 17.7. The van der Waals surface area contributed by atoms with E-state index < -0.39 is 10.0 Å². The van der Waals surface area contributed by atoms with Crippen molar-refractivity contribution in [3.8, 4) is 0 Å². The monoisotopic (exact) mass is 479 g/mol. The Balaban J connectivity index is 1.57. The molecule has 156 valence electrons. The first-order valence-electron chi connectivity index (χ1n) is 9.63. The molecule has 0 spiro atoms. The second-order valence-electron chi connectivity index (χ2n) is 7.48. The molecule has 0 aromatic heterocycles. The third kappa shape index (κ3) is 5.58. The van der Waals surface area contributed by atoms with Crippen LogP contribution in [0.4, 0.5) is 10.5 Å². The first kappa shape index (κ1) is 21.8. The Kier molecular flexibility index (Phi) is 6.97. The molecule has 2 amide bonds. The summed E-state index contributed by atoms with van der Waals surface area (Å²) >= 11 is 3.41. The highest BCUT2D eigenvalue weighted by molar-refractivity contribution is 9.10. The molecule has 1 aliphatic heterocycles. The molecule has 29 heavy (non-hydrogen) atoms. The number of anilines is 1. The lowest BCUT2D eigenvalue weighted by Gasteiger charge is -2.32. The number of urea groups is 1. The first-order valence-corrected chi connectivity index (χ1v) is 11.9. The van der Waals surface area contributed by atoms with Crippen LogP contribution in [-0.4, -0.2) is 38.4 Å². The zero-order chi connectivity index (χ0) is 21.0. The minimum atomic E-state index is -3.54. The van der Waals surface area contributed by atoms with Gasteiger partial charge in [-0.05, 0) is 68.5 Å². The Hall–Kier alpha value is -1.90. The maximum absolute atomic E-state index is 13.0. The first-order chi connectivity index (χ1) is 13.8. The maximum atomic E-state index is 13.0. The van der Waals surface area contributed by atoms with Crippen LogP contribution in [-0.2, 0) is 10.0 Å². The van der Waals surface area contributed by atoms with E-state index in [1.54, 1.807) is 18.2 Å². The Bertz CT molecular complexity index is 977. The third-order valence-corrected chi connectivity index (χ3v) is 7.86. The molecule has 0 saturated carbocycles. The summed E-state index contributed by atoms with van der Waals surface area (Å²) in [5.74, 6) is 0.0823. The number of hydrogen-bond donors (Lipinski definition) is 2. The molecule has 2 aromatic rings. The standard InChI is InChI=1S/C21H26BrN3O3S/c1-15-5-7-18(8-6-15)24-21(26)23-13-17-4-3-11-25(14-17)29(27,28)19-9-10-20(22)16(2)12-19/h5-10,12,17H,3-4,11,13-14H2,1-2H3,(H2,23,24,26). The number of carbonyl (C=O) groups is 1. The Morgan fingerprint density at radius 3 is 2.59 bits per heavy atom. The van der Waals surface area contributed by atoms with Crippen molar-refractivity contribution >= 4 is 37.7 Å². The van der Waals surface area contributed by atoms with E-state index in [0.29, 0.717) is 24.5 Å². The zero-order valence-electron chi connectivity index (χ0n) is 16.6. The number of aryl methyl sites for hydroxylation is 2. The van der Waals surface area contributed by atoms with Crippen LogP contribution in [0, 0.1) is 19.8 Å². The van der Waals surface area contributed by atoms with E-state index in [9.17, 15) is 13.2 Å². The number of halogens is 1. The van der Waals surface area contributed by atoms with E-state index in [0.717, 1.165) is 34.1 Å². The molecule has 1 saturated heterocycles. The van der Waals surface area contributed by atoms with Crippen molar-refractivity contribution in [3.63, 3.8) is 0 Å². The van der Waals surface area contributed by atoms with E-state index in [2.05, 4.69) is 26.6 Å². The van der Waals surface area contributed by atoms with Gasteiger partial charge in [0.2, 0.25) is 10.0 Å². The maximum Gasteiger partial charge on any atom is 0.319 e. The number of sulfonamides is 1. The fourth-order valence-corrected chi connectivity index (χ4v) is 5.27. The minimum absolute atomic E-state index is 0.0823. The lowest BCUT2D eigenvalue weighted by molar-refractivity contribution is 0.238. The van der Waals surface area contributed by atoms with Crippen LogP contribution in [0.3, 0.4) is 0 Å². The summed E-state index contributed by atoms with van der Waals surface area (Å²) in [5.41, 5.74) is 2.74. The summed E-state index contributed by atoms with van der Waals surface area (Å²) in [4.78, 5) is 12.5. The number of benzene rings is 2. The summed E-state index contributed by atoms with van der Waals surface area (Å²) in [6.45, 7) is 5.20. The zero-order valence-corrected chi connectivity index (χ0v) is 19.0. The van der Waals surface area contributed by atoms with Crippen molar-refractivity contribution in [2.45, 2.75) is 31.6 Å². The smallest absolute Gasteiger partial charge is 0.319 e. The van der Waals surface area contributed by atoms with Crippen molar-refractivity contribution in [2.24, 2.45) is 5.92 Å². The molecule has 8 heteroatoms. The van der Waals surface area contributed by atoms with E-state index in [4.69, 9.17) is 0 Å². The summed E-state index contributed by atoms with van der Waals surface area (Å²) in [6, 6.07) is 12.4. The van der Waals surface area contributed by atoms with Crippen molar-refractivity contribution in [1.82, 2.24) is 9.62 Å². The Morgan fingerprint density at radius 2 is 1.90 bits per heavy atom. The molecule has 0 aliphatic carbocycles. The molecule has 6 nitrogen and oxygen atoms in total. The average molecular weight is 480 g/mol. The molecular formula is C21H26BrN3O3S. The van der Waals surface area contributed by atoms with Gasteiger partial charge in [0.25, 0.3) is 0 Å². The number of rotatable bonds is 5. The Morgan fingerprint density at radius 1 is 1.17 bits per heavy atom. The molecule has 2 N–H and O–H groups in total. The second-order valence-corrected chi connectivity index (χ2v) is 10.3. The average Bonchev–Trinajstić information content (AvgIpc) is 2.70. The number of piperidine rings is 1. The molecular weight excluding hydrogens is 454 g/mol. The molecule has 0 radical (unpaired) electrons. The number of amides is 2. The third-order valence-electron chi connectivity index (χ3n) is 5.11. The highest BCUT2D eigenvalue weighted by Crippen LogP contribution is 2.26. The number of hydrogen-bond acceptors (Lipinski definition) is 3. The summed E-state index contributed by atoms with van der Waals surface area (Å²) in [6.07, 6.45) is 1.66. The van der Waals surface area contributed by atoms with Crippen LogP contribution < -0.4 is 10.6 Å². The van der Waals surface area contributed by atoms with Crippen LogP contribution >= 0.6 is 15.9 Å². The molecule has 1 unspecified atom stereocenters. The predicted octanol–water partition coefficient (Wildman–Crippen LogP) is 4.29. The van der Waals surface area contributed by atoms with Gasteiger partial charge in [-0.15, -0.1) is 0 Å². The molecule has 0 bridgehead atoms. The van der Waals surface area contributed by atoms with E-state index in [-0.39, 0.29) is 11.9 Å². The largest absolute Gasteiger partial charge is 0.338 e. The van der Waals surface area contributed by atoms with Gasteiger partial charge >= 0.3 is 6.03 Å². The molecule has 2 aromatic carbocycles. The summed E-state index contributed by atoms with van der Waals surface area (Å²) < 4.78 is 28.4. The van der Waals surface area contributed by atoms with E-state index in [1.165, 1.54) is 4.31 Å². The number of nitrogens with one attached hydrogen (secondary N) is 2. The number of nitrogens with zero attached hydrogens (tertiary/aromatic N) is 1. The quantitative estimate of drug-likeness (QED) is 0.671. The van der Waals surface area contributed by atoms with Gasteiger partial charge in [-0.25, -0.2) is 13.2 Å². The SMILES string of the molecule is Cc1ccc(NC(=O)NCC2CCCN(S(=O)(=O)c3ccc(Br)c(C)c3)C2)cc1. The lowest BCUT2D eigenvalue weighted by atomic mass is 10.00. The highest BCUT2D eigenvalue weighted by atomic mass is 79.9. The fourth-order valence-electron chi connectivity index (χ4n) is 3.39.